The van der Waals surface area contributed by atoms with E-state index in [1.165, 1.54) is 16.7 Å². The molecular weight excluding hydrogens is 439 g/mol. The van der Waals surface area contributed by atoms with Crippen LogP contribution in [0.15, 0.2) is 35.3 Å². The Morgan fingerprint density at radius 3 is 2.76 bits per heavy atom. The van der Waals surface area contributed by atoms with Crippen molar-refractivity contribution < 1.29 is 19.0 Å². The third-order valence-corrected chi connectivity index (χ3v) is 7.16. The second-order valence-corrected chi connectivity index (χ2v) is 9.32. The molecule has 1 atom stereocenters. The Balaban J connectivity index is 1.07. The number of fused-ring (bicyclic) bond motifs is 1. The van der Waals surface area contributed by atoms with Crippen LogP contribution in [0.25, 0.3) is 10.9 Å². The minimum Gasteiger partial charge on any atom is -0.503 e. The average molecular weight is 467 g/mol. The summed E-state index contributed by atoms with van der Waals surface area (Å²) in [4.78, 5) is 19.3. The molecule has 2 N–H and O–H groups in total. The van der Waals surface area contributed by atoms with Gasteiger partial charge in [-0.2, -0.15) is 0 Å². The number of nitrogens with one attached hydrogen (secondary N) is 1. The average Bonchev–Trinajstić information content (AvgIpc) is 3.24. The summed E-state index contributed by atoms with van der Waals surface area (Å²) in [5.41, 5.74) is 1.70. The van der Waals surface area contributed by atoms with Crippen LogP contribution in [0.5, 0.6) is 17.2 Å². The highest BCUT2D eigenvalue weighted by Crippen LogP contribution is 2.36. The van der Waals surface area contributed by atoms with Gasteiger partial charge in [0, 0.05) is 48.6 Å². The van der Waals surface area contributed by atoms with Gasteiger partial charge in [0.1, 0.15) is 19.0 Å². The molecule has 1 fully saturated rings. The van der Waals surface area contributed by atoms with Gasteiger partial charge in [0.25, 0.3) is 5.56 Å². The number of hydrogen-bond donors (Lipinski definition) is 2. The van der Waals surface area contributed by atoms with E-state index in [2.05, 4.69) is 15.2 Å². The number of benzene rings is 1. The zero-order valence-corrected chi connectivity index (χ0v) is 18.8. The van der Waals surface area contributed by atoms with Crippen molar-refractivity contribution in [3.63, 3.8) is 0 Å². The zero-order valence-electron chi connectivity index (χ0n) is 18.8. The first kappa shape index (κ1) is 21.4. The van der Waals surface area contributed by atoms with Gasteiger partial charge < -0.3 is 29.4 Å². The number of hydrogen-bond acceptors (Lipinski definition) is 7. The summed E-state index contributed by atoms with van der Waals surface area (Å²) in [5.74, 6) is 0.772. The van der Waals surface area contributed by atoms with Crippen molar-refractivity contribution in [1.82, 2.24) is 19.8 Å². The van der Waals surface area contributed by atoms with Crippen molar-refractivity contribution in [2.24, 2.45) is 0 Å². The van der Waals surface area contributed by atoms with Gasteiger partial charge in [-0.25, -0.2) is 4.39 Å². The maximum absolute atomic E-state index is 14.8. The van der Waals surface area contributed by atoms with Crippen molar-refractivity contribution in [3.8, 4) is 17.2 Å². The number of piperidine rings is 1. The third kappa shape index (κ3) is 3.78. The maximum Gasteiger partial charge on any atom is 0.293 e. The van der Waals surface area contributed by atoms with Crippen molar-refractivity contribution >= 4 is 10.9 Å². The van der Waals surface area contributed by atoms with Gasteiger partial charge in [0.15, 0.2) is 17.2 Å². The van der Waals surface area contributed by atoms with Crippen LogP contribution >= 0.6 is 0 Å². The Morgan fingerprint density at radius 2 is 1.94 bits per heavy atom. The molecule has 0 saturated carbocycles. The number of likely N-dealkylation sites (tertiary alicyclic amines) is 1. The van der Waals surface area contributed by atoms with E-state index in [4.69, 9.17) is 9.47 Å². The van der Waals surface area contributed by atoms with E-state index in [1.807, 2.05) is 6.07 Å². The number of nitrogens with zero attached hydrogens (tertiary/aromatic N) is 3. The molecule has 5 heterocycles. The topological polar surface area (TPSA) is 88.9 Å². The van der Waals surface area contributed by atoms with Crippen LogP contribution in [0.4, 0.5) is 4.39 Å². The van der Waals surface area contributed by atoms with Gasteiger partial charge in [0.05, 0.1) is 17.4 Å². The number of rotatable bonds is 5. The number of ether oxygens (including phenoxy) is 2. The van der Waals surface area contributed by atoms with Crippen LogP contribution in [0.1, 0.15) is 30.0 Å². The summed E-state index contributed by atoms with van der Waals surface area (Å²) in [6.07, 6.45) is 3.69. The molecule has 1 saturated heterocycles. The van der Waals surface area contributed by atoms with Gasteiger partial charge in [-0.3, -0.25) is 9.78 Å². The van der Waals surface area contributed by atoms with Crippen LogP contribution in [0.2, 0.25) is 0 Å². The lowest BCUT2D eigenvalue weighted by Crippen LogP contribution is -2.43. The minimum absolute atomic E-state index is 0.107. The maximum atomic E-state index is 14.8. The highest BCUT2D eigenvalue weighted by molar-refractivity contribution is 5.85. The van der Waals surface area contributed by atoms with Gasteiger partial charge in [0.2, 0.25) is 0 Å². The molecule has 0 amide bonds. The lowest BCUT2D eigenvalue weighted by Gasteiger charge is -2.34. The lowest BCUT2D eigenvalue weighted by atomic mass is 9.96. The quantitative estimate of drug-likeness (QED) is 0.597. The molecule has 0 bridgehead atoms. The summed E-state index contributed by atoms with van der Waals surface area (Å²) in [5, 5.41) is 14.3. The fourth-order valence-corrected chi connectivity index (χ4v) is 5.46. The molecule has 3 aromatic rings. The largest absolute Gasteiger partial charge is 0.503 e. The molecule has 178 valence electrons. The fourth-order valence-electron chi connectivity index (χ4n) is 5.46. The van der Waals surface area contributed by atoms with E-state index in [0.717, 1.165) is 37.4 Å². The first-order chi connectivity index (χ1) is 16.6. The Hall–Kier alpha value is -3.17. The van der Waals surface area contributed by atoms with E-state index in [1.54, 1.807) is 12.3 Å². The zero-order chi connectivity index (χ0) is 23.2. The third-order valence-electron chi connectivity index (χ3n) is 7.16. The van der Waals surface area contributed by atoms with Crippen LogP contribution in [0.3, 0.4) is 0 Å². The fraction of sp³-hybridized carbons (Fsp3) is 0.440. The number of aromatic hydroxyl groups is 1. The second-order valence-electron chi connectivity index (χ2n) is 9.32. The highest BCUT2D eigenvalue weighted by Gasteiger charge is 2.32. The number of pyridine rings is 2. The highest BCUT2D eigenvalue weighted by atomic mass is 19.1. The van der Waals surface area contributed by atoms with Gasteiger partial charge >= 0.3 is 0 Å². The summed E-state index contributed by atoms with van der Waals surface area (Å²) in [7, 11) is 0. The molecule has 0 aliphatic carbocycles. The summed E-state index contributed by atoms with van der Waals surface area (Å²) < 4.78 is 27.5. The summed E-state index contributed by atoms with van der Waals surface area (Å²) >= 11 is 0. The molecule has 2 aromatic heterocycles. The van der Waals surface area contributed by atoms with Crippen molar-refractivity contribution in [3.05, 3.63) is 57.9 Å². The normalized spacial score (nSPS) is 20.2. The first-order valence-corrected chi connectivity index (χ1v) is 11.8. The van der Waals surface area contributed by atoms with Crippen molar-refractivity contribution in [2.45, 2.75) is 37.9 Å². The summed E-state index contributed by atoms with van der Waals surface area (Å²) in [6.45, 7) is 4.66. The van der Waals surface area contributed by atoms with E-state index in [-0.39, 0.29) is 17.5 Å². The second kappa shape index (κ2) is 8.56. The van der Waals surface area contributed by atoms with Crippen LogP contribution in [0, 0.1) is 5.82 Å². The molecule has 1 aromatic carbocycles. The molecule has 6 rings (SSSR count). The van der Waals surface area contributed by atoms with Gasteiger partial charge in [-0.15, -0.1) is 0 Å². The van der Waals surface area contributed by atoms with E-state index in [0.29, 0.717) is 61.1 Å². The van der Waals surface area contributed by atoms with Crippen molar-refractivity contribution in [2.75, 3.05) is 32.8 Å². The smallest absolute Gasteiger partial charge is 0.293 e. The van der Waals surface area contributed by atoms with Crippen LogP contribution < -0.4 is 20.3 Å². The SMILES string of the molecule is O=c1c(O)cc2ccc(F)c3c2n1CC3CN1CCC(NCc2cc3c(cn2)OCCO3)CC1. The molecule has 0 spiro atoms. The molecule has 34 heavy (non-hydrogen) atoms. The standard InChI is InChI=1S/C25H27FN4O4/c26-19-2-1-15-9-20(31)25(32)30-14-16(23(19)24(15)30)13-29-5-3-17(4-6-29)27-11-18-10-21-22(12-28-18)34-8-7-33-21/h1-2,9-10,12,16-17,27,31H,3-8,11,13-14H2. The van der Waals surface area contributed by atoms with Crippen LogP contribution in [-0.4, -0.2) is 58.4 Å². The van der Waals surface area contributed by atoms with E-state index in [9.17, 15) is 14.3 Å². The predicted molar refractivity (Wildman–Crippen MR) is 124 cm³/mol. The van der Waals surface area contributed by atoms with E-state index < -0.39 is 5.56 Å². The molecule has 0 radical (unpaired) electrons. The Bertz CT molecular complexity index is 1300. The Kier molecular flexibility index (Phi) is 5.38. The van der Waals surface area contributed by atoms with E-state index >= 15 is 0 Å². The Morgan fingerprint density at radius 1 is 1.15 bits per heavy atom. The molecular formula is C25H27FN4O4. The molecule has 9 heteroatoms. The molecule has 1 unspecified atom stereocenters. The molecule has 3 aliphatic heterocycles. The summed E-state index contributed by atoms with van der Waals surface area (Å²) in [6, 6.07) is 6.81. The van der Waals surface area contributed by atoms with Crippen molar-refractivity contribution in [1.29, 1.82) is 0 Å². The molecule has 3 aliphatic rings. The predicted octanol–water partition coefficient (Wildman–Crippen LogP) is 2.36. The lowest BCUT2D eigenvalue weighted by molar-refractivity contribution is 0.170. The number of aromatic nitrogens is 2. The number of halogens is 1. The van der Waals surface area contributed by atoms with Gasteiger partial charge in [-0.05, 0) is 44.1 Å². The monoisotopic (exact) mass is 466 g/mol. The first-order valence-electron chi connectivity index (χ1n) is 11.8. The Labute approximate surface area is 195 Å². The van der Waals surface area contributed by atoms with Crippen LogP contribution in [-0.2, 0) is 13.1 Å². The minimum atomic E-state index is -0.447. The molecule has 8 nitrogen and oxygen atoms in total. The van der Waals surface area contributed by atoms with Gasteiger partial charge in [-0.1, -0.05) is 0 Å².